The minimum Gasteiger partial charge on any atom is -0.356 e. The molecule has 1 heterocycles. The van der Waals surface area contributed by atoms with Crippen LogP contribution in [0.5, 0.6) is 0 Å². The molecule has 0 spiro atoms. The summed E-state index contributed by atoms with van der Waals surface area (Å²) in [6.07, 6.45) is 8.54. The number of rotatable bonds is 5. The number of amides is 1. The SMILES string of the molecule is CC(C)(CNC(=O)CC1CCCNC1)C1CCCC1. The largest absolute Gasteiger partial charge is 0.356 e. The van der Waals surface area contributed by atoms with Gasteiger partial charge in [0.15, 0.2) is 0 Å². The van der Waals surface area contributed by atoms with Crippen LogP contribution in [0.2, 0.25) is 0 Å². The smallest absolute Gasteiger partial charge is 0.220 e. The molecule has 2 fully saturated rings. The first-order valence-electron chi connectivity index (χ1n) is 8.05. The van der Waals surface area contributed by atoms with Crippen LogP contribution >= 0.6 is 0 Å². The summed E-state index contributed by atoms with van der Waals surface area (Å²) in [5.74, 6) is 1.59. The summed E-state index contributed by atoms with van der Waals surface area (Å²) < 4.78 is 0. The summed E-state index contributed by atoms with van der Waals surface area (Å²) in [7, 11) is 0. The highest BCUT2D eigenvalue weighted by Gasteiger charge is 2.32. The van der Waals surface area contributed by atoms with E-state index in [1.54, 1.807) is 0 Å². The Morgan fingerprint density at radius 2 is 1.95 bits per heavy atom. The maximum atomic E-state index is 12.0. The summed E-state index contributed by atoms with van der Waals surface area (Å²) >= 11 is 0. The van der Waals surface area contributed by atoms with Crippen molar-refractivity contribution in [1.82, 2.24) is 10.6 Å². The van der Waals surface area contributed by atoms with E-state index in [2.05, 4.69) is 24.5 Å². The van der Waals surface area contributed by atoms with Crippen molar-refractivity contribution >= 4 is 5.91 Å². The molecule has 3 heteroatoms. The van der Waals surface area contributed by atoms with Crippen molar-refractivity contribution in [3.8, 4) is 0 Å². The highest BCUT2D eigenvalue weighted by atomic mass is 16.1. The lowest BCUT2D eigenvalue weighted by molar-refractivity contribution is -0.122. The zero-order valence-electron chi connectivity index (χ0n) is 12.6. The van der Waals surface area contributed by atoms with Crippen LogP contribution in [0, 0.1) is 17.3 Å². The molecule has 0 aromatic rings. The minimum absolute atomic E-state index is 0.250. The quantitative estimate of drug-likeness (QED) is 0.803. The van der Waals surface area contributed by atoms with Gasteiger partial charge in [-0.05, 0) is 56.0 Å². The molecule has 1 atom stereocenters. The fourth-order valence-electron chi connectivity index (χ4n) is 3.61. The van der Waals surface area contributed by atoms with Gasteiger partial charge in [-0.1, -0.05) is 26.7 Å². The van der Waals surface area contributed by atoms with Crippen LogP contribution in [0.3, 0.4) is 0 Å². The Hall–Kier alpha value is -0.570. The second-order valence-corrected chi connectivity index (χ2v) is 7.16. The van der Waals surface area contributed by atoms with Crippen LogP contribution in [0.4, 0.5) is 0 Å². The lowest BCUT2D eigenvalue weighted by atomic mass is 9.77. The summed E-state index contributed by atoms with van der Waals surface area (Å²) in [6, 6.07) is 0. The molecule has 110 valence electrons. The predicted molar refractivity (Wildman–Crippen MR) is 79.0 cm³/mol. The van der Waals surface area contributed by atoms with E-state index in [4.69, 9.17) is 0 Å². The number of hydrogen-bond donors (Lipinski definition) is 2. The molecule has 0 bridgehead atoms. The molecule has 1 aliphatic heterocycles. The highest BCUT2D eigenvalue weighted by Crippen LogP contribution is 2.39. The van der Waals surface area contributed by atoms with Crippen LogP contribution in [0.25, 0.3) is 0 Å². The third-order valence-corrected chi connectivity index (χ3v) is 5.07. The molecular weight excluding hydrogens is 236 g/mol. The molecule has 1 saturated carbocycles. The lowest BCUT2D eigenvalue weighted by Gasteiger charge is -2.32. The average Bonchev–Trinajstić information content (AvgIpc) is 2.92. The van der Waals surface area contributed by atoms with Gasteiger partial charge < -0.3 is 10.6 Å². The van der Waals surface area contributed by atoms with Gasteiger partial charge >= 0.3 is 0 Å². The molecule has 3 nitrogen and oxygen atoms in total. The standard InChI is InChI=1S/C16H30N2O/c1-16(2,14-7-3-4-8-14)12-18-15(19)10-13-6-5-9-17-11-13/h13-14,17H,3-12H2,1-2H3,(H,18,19). The van der Waals surface area contributed by atoms with Gasteiger partial charge in [-0.15, -0.1) is 0 Å². The van der Waals surface area contributed by atoms with Gasteiger partial charge in [-0.25, -0.2) is 0 Å². The Bertz CT molecular complexity index is 289. The first-order chi connectivity index (χ1) is 9.08. The van der Waals surface area contributed by atoms with Crippen molar-refractivity contribution in [1.29, 1.82) is 0 Å². The molecule has 19 heavy (non-hydrogen) atoms. The molecule has 1 saturated heterocycles. The Labute approximate surface area is 117 Å². The van der Waals surface area contributed by atoms with Crippen molar-refractivity contribution in [2.45, 2.75) is 58.8 Å². The van der Waals surface area contributed by atoms with Gasteiger partial charge in [-0.2, -0.15) is 0 Å². The molecule has 1 amide bonds. The minimum atomic E-state index is 0.250. The third kappa shape index (κ3) is 4.48. The Balaban J connectivity index is 1.69. The number of piperidine rings is 1. The van der Waals surface area contributed by atoms with Gasteiger partial charge in [-0.3, -0.25) is 4.79 Å². The van der Waals surface area contributed by atoms with Gasteiger partial charge in [0.25, 0.3) is 0 Å². The van der Waals surface area contributed by atoms with Crippen molar-refractivity contribution in [2.75, 3.05) is 19.6 Å². The molecule has 1 unspecified atom stereocenters. The number of nitrogens with one attached hydrogen (secondary N) is 2. The summed E-state index contributed by atoms with van der Waals surface area (Å²) in [4.78, 5) is 12.0. The van der Waals surface area contributed by atoms with Gasteiger partial charge in [0, 0.05) is 13.0 Å². The van der Waals surface area contributed by atoms with E-state index in [9.17, 15) is 4.79 Å². The van der Waals surface area contributed by atoms with E-state index in [1.165, 1.54) is 38.5 Å². The Morgan fingerprint density at radius 1 is 1.21 bits per heavy atom. The summed E-state index contributed by atoms with van der Waals surface area (Å²) in [6.45, 7) is 7.60. The molecule has 0 aromatic carbocycles. The van der Waals surface area contributed by atoms with E-state index >= 15 is 0 Å². The van der Waals surface area contributed by atoms with Gasteiger partial charge in [0.05, 0.1) is 0 Å². The van der Waals surface area contributed by atoms with Gasteiger partial charge in [0.1, 0.15) is 0 Å². The van der Waals surface area contributed by atoms with Crippen LogP contribution in [-0.2, 0) is 4.79 Å². The predicted octanol–water partition coefficient (Wildman–Crippen LogP) is 2.71. The van der Waals surface area contributed by atoms with Crippen LogP contribution in [-0.4, -0.2) is 25.5 Å². The van der Waals surface area contributed by atoms with E-state index in [-0.39, 0.29) is 11.3 Å². The van der Waals surface area contributed by atoms with Crippen LogP contribution in [0.15, 0.2) is 0 Å². The Kier molecular flexibility index (Phi) is 5.26. The molecule has 0 radical (unpaired) electrons. The first-order valence-corrected chi connectivity index (χ1v) is 8.05. The summed E-state index contributed by atoms with van der Waals surface area (Å²) in [5, 5.41) is 6.56. The first kappa shape index (κ1) is 14.8. The van der Waals surface area contributed by atoms with E-state index < -0.39 is 0 Å². The van der Waals surface area contributed by atoms with Gasteiger partial charge in [0.2, 0.25) is 5.91 Å². The number of carbonyl (C=O) groups excluding carboxylic acids is 1. The second-order valence-electron chi connectivity index (χ2n) is 7.16. The molecular formula is C16H30N2O. The van der Waals surface area contributed by atoms with Crippen molar-refractivity contribution in [2.24, 2.45) is 17.3 Å². The fourth-order valence-corrected chi connectivity index (χ4v) is 3.61. The lowest BCUT2D eigenvalue weighted by Crippen LogP contribution is -2.40. The average molecular weight is 266 g/mol. The van der Waals surface area contributed by atoms with Crippen molar-refractivity contribution in [3.05, 3.63) is 0 Å². The maximum absolute atomic E-state index is 12.0. The summed E-state index contributed by atoms with van der Waals surface area (Å²) in [5.41, 5.74) is 0.261. The Morgan fingerprint density at radius 3 is 2.58 bits per heavy atom. The van der Waals surface area contributed by atoms with Crippen molar-refractivity contribution in [3.63, 3.8) is 0 Å². The number of hydrogen-bond acceptors (Lipinski definition) is 2. The van der Waals surface area contributed by atoms with E-state index in [0.717, 1.165) is 25.6 Å². The van der Waals surface area contributed by atoms with Crippen LogP contribution in [0.1, 0.15) is 58.8 Å². The van der Waals surface area contributed by atoms with Crippen molar-refractivity contribution < 1.29 is 4.79 Å². The van der Waals surface area contributed by atoms with E-state index in [0.29, 0.717) is 12.3 Å². The molecule has 2 rings (SSSR count). The zero-order valence-corrected chi connectivity index (χ0v) is 12.6. The fraction of sp³-hybridized carbons (Fsp3) is 0.938. The molecule has 2 N–H and O–H groups in total. The number of carbonyl (C=O) groups is 1. The topological polar surface area (TPSA) is 41.1 Å². The molecule has 0 aromatic heterocycles. The molecule has 2 aliphatic rings. The normalized spacial score (nSPS) is 25.5. The maximum Gasteiger partial charge on any atom is 0.220 e. The molecule has 1 aliphatic carbocycles. The monoisotopic (exact) mass is 266 g/mol. The highest BCUT2D eigenvalue weighted by molar-refractivity contribution is 5.76. The van der Waals surface area contributed by atoms with Crippen LogP contribution < -0.4 is 10.6 Å². The zero-order chi connectivity index (χ0) is 13.7. The van der Waals surface area contributed by atoms with E-state index in [1.807, 2.05) is 0 Å². The second kappa shape index (κ2) is 6.74. The third-order valence-electron chi connectivity index (χ3n) is 5.07.